The molecule has 0 bridgehead atoms. The van der Waals surface area contributed by atoms with Crippen LogP contribution in [0, 0.1) is 0 Å². The Kier molecular flexibility index (Phi) is 4.66. The topological polar surface area (TPSA) is 24.9 Å². The normalized spacial score (nSPS) is 16.7. The number of hydrogen-bond acceptors (Lipinski definition) is 2. The number of allylic oxidation sites excluding steroid dienone is 1. The van der Waals surface area contributed by atoms with Gasteiger partial charge in [0.2, 0.25) is 0 Å². The van der Waals surface area contributed by atoms with Gasteiger partial charge in [0, 0.05) is 17.6 Å². The molecular formula is C19H24N2. The number of benzene rings is 1. The van der Waals surface area contributed by atoms with E-state index < -0.39 is 0 Å². The van der Waals surface area contributed by atoms with E-state index in [0.717, 1.165) is 18.5 Å². The predicted octanol–water partition coefficient (Wildman–Crippen LogP) is 4.78. The highest BCUT2D eigenvalue weighted by Gasteiger charge is 2.16. The van der Waals surface area contributed by atoms with Crippen molar-refractivity contribution in [3.63, 3.8) is 0 Å². The van der Waals surface area contributed by atoms with Crippen molar-refractivity contribution in [1.29, 1.82) is 0 Å². The van der Waals surface area contributed by atoms with Gasteiger partial charge in [-0.25, -0.2) is 0 Å². The molecule has 1 aliphatic carbocycles. The van der Waals surface area contributed by atoms with Crippen LogP contribution in [0.4, 0.5) is 0 Å². The van der Waals surface area contributed by atoms with Gasteiger partial charge in [-0.05, 0) is 50.3 Å². The molecular weight excluding hydrogens is 256 g/mol. The fourth-order valence-corrected chi connectivity index (χ4v) is 3.30. The fraction of sp³-hybridized carbons (Fsp3) is 0.421. The summed E-state index contributed by atoms with van der Waals surface area (Å²) in [5, 5.41) is 4.89. The summed E-state index contributed by atoms with van der Waals surface area (Å²) in [6, 6.07) is 11.1. The maximum absolute atomic E-state index is 4.62. The lowest BCUT2D eigenvalue weighted by atomic mass is 9.90. The van der Waals surface area contributed by atoms with Crippen LogP contribution in [-0.4, -0.2) is 11.5 Å². The van der Waals surface area contributed by atoms with Crippen molar-refractivity contribution >= 4 is 10.9 Å². The van der Waals surface area contributed by atoms with Gasteiger partial charge in [0.1, 0.15) is 0 Å². The number of nitrogens with one attached hydrogen (secondary N) is 1. The van der Waals surface area contributed by atoms with Gasteiger partial charge in [0.25, 0.3) is 0 Å². The third-order valence-corrected chi connectivity index (χ3v) is 4.34. The molecule has 1 aromatic heterocycles. The van der Waals surface area contributed by atoms with Crippen molar-refractivity contribution in [3.8, 4) is 0 Å². The third kappa shape index (κ3) is 3.33. The minimum atomic E-state index is 0.373. The largest absolute Gasteiger partial charge is 0.310 e. The Hall–Kier alpha value is -1.67. The molecule has 2 heteroatoms. The summed E-state index contributed by atoms with van der Waals surface area (Å²) in [5.74, 6) is 0. The first-order valence-corrected chi connectivity index (χ1v) is 8.13. The summed E-state index contributed by atoms with van der Waals surface area (Å²) in [5.41, 5.74) is 4.09. The van der Waals surface area contributed by atoms with Crippen LogP contribution in [0.15, 0.2) is 48.2 Å². The molecule has 110 valence electrons. The monoisotopic (exact) mass is 280 g/mol. The van der Waals surface area contributed by atoms with Crippen LogP contribution in [0.5, 0.6) is 0 Å². The Morgan fingerprint density at radius 1 is 1.19 bits per heavy atom. The summed E-state index contributed by atoms with van der Waals surface area (Å²) in [6.07, 6.45) is 10.7. The molecule has 0 aliphatic heterocycles. The van der Waals surface area contributed by atoms with E-state index in [4.69, 9.17) is 0 Å². The van der Waals surface area contributed by atoms with Crippen molar-refractivity contribution in [2.24, 2.45) is 0 Å². The first kappa shape index (κ1) is 14.3. The molecule has 1 N–H and O–H groups in total. The Bertz CT molecular complexity index is 625. The Balaban J connectivity index is 1.93. The second-order valence-electron chi connectivity index (χ2n) is 5.84. The summed E-state index contributed by atoms with van der Waals surface area (Å²) in [7, 11) is 0. The molecule has 0 saturated carbocycles. The highest BCUT2D eigenvalue weighted by molar-refractivity contribution is 5.82. The van der Waals surface area contributed by atoms with Gasteiger partial charge in [-0.1, -0.05) is 42.8 Å². The number of nitrogens with zero attached hydrogens (tertiary/aromatic N) is 1. The number of hydrogen-bond donors (Lipinski definition) is 1. The molecule has 1 unspecified atom stereocenters. The maximum Gasteiger partial charge on any atom is 0.0749 e. The molecule has 0 saturated heterocycles. The maximum atomic E-state index is 4.62. The number of para-hydroxylation sites is 1. The summed E-state index contributed by atoms with van der Waals surface area (Å²) >= 11 is 0. The molecule has 0 amide bonds. The van der Waals surface area contributed by atoms with Crippen molar-refractivity contribution in [1.82, 2.24) is 10.3 Å². The average molecular weight is 280 g/mol. The average Bonchev–Trinajstić information content (AvgIpc) is 2.55. The van der Waals surface area contributed by atoms with Gasteiger partial charge in [-0.2, -0.15) is 0 Å². The molecule has 0 radical (unpaired) electrons. The Morgan fingerprint density at radius 2 is 2.10 bits per heavy atom. The van der Waals surface area contributed by atoms with E-state index in [1.807, 2.05) is 12.3 Å². The number of fused-ring (bicyclic) bond motifs is 1. The van der Waals surface area contributed by atoms with Gasteiger partial charge in [-0.3, -0.25) is 4.98 Å². The third-order valence-electron chi connectivity index (χ3n) is 4.34. The Morgan fingerprint density at radius 3 is 2.90 bits per heavy atom. The van der Waals surface area contributed by atoms with E-state index in [2.05, 4.69) is 47.6 Å². The zero-order valence-electron chi connectivity index (χ0n) is 12.8. The van der Waals surface area contributed by atoms with Crippen LogP contribution < -0.4 is 5.32 Å². The van der Waals surface area contributed by atoms with Crippen LogP contribution in [0.3, 0.4) is 0 Å². The van der Waals surface area contributed by atoms with Crippen molar-refractivity contribution in [2.75, 3.05) is 6.54 Å². The van der Waals surface area contributed by atoms with Crippen molar-refractivity contribution in [3.05, 3.63) is 53.7 Å². The van der Waals surface area contributed by atoms with Crippen molar-refractivity contribution in [2.45, 2.75) is 45.1 Å². The molecule has 1 aliphatic rings. The van der Waals surface area contributed by atoms with Crippen LogP contribution in [0.25, 0.3) is 10.9 Å². The second-order valence-corrected chi connectivity index (χ2v) is 5.84. The molecule has 0 fully saturated rings. The van der Waals surface area contributed by atoms with Gasteiger partial charge < -0.3 is 5.32 Å². The Labute approximate surface area is 127 Å². The molecule has 0 spiro atoms. The van der Waals surface area contributed by atoms with Crippen LogP contribution in [0.2, 0.25) is 0 Å². The zero-order chi connectivity index (χ0) is 14.5. The standard InChI is InChI=1S/C19H24N2/c1-2-20-18(14-15-8-4-3-5-9-15)17-12-6-10-16-11-7-13-21-19(16)17/h6-8,10-13,18,20H,2-5,9,14H2,1H3. The van der Waals surface area contributed by atoms with E-state index in [1.165, 1.54) is 36.6 Å². The molecule has 3 rings (SSSR count). The zero-order valence-corrected chi connectivity index (χ0v) is 12.8. The molecule has 2 aromatic rings. The number of rotatable bonds is 5. The summed E-state index contributed by atoms with van der Waals surface area (Å²) in [4.78, 5) is 4.62. The predicted molar refractivity (Wildman–Crippen MR) is 89.3 cm³/mol. The van der Waals surface area contributed by atoms with Crippen molar-refractivity contribution < 1.29 is 0 Å². The minimum absolute atomic E-state index is 0.373. The lowest BCUT2D eigenvalue weighted by Gasteiger charge is -2.23. The minimum Gasteiger partial charge on any atom is -0.310 e. The summed E-state index contributed by atoms with van der Waals surface area (Å²) < 4.78 is 0. The molecule has 1 aromatic carbocycles. The lowest BCUT2D eigenvalue weighted by molar-refractivity contribution is 0.530. The van der Waals surface area contributed by atoms with E-state index in [1.54, 1.807) is 5.57 Å². The SMILES string of the molecule is CCNC(CC1=CCCCC1)c1cccc2cccnc12. The molecule has 2 nitrogen and oxygen atoms in total. The number of aromatic nitrogens is 1. The lowest BCUT2D eigenvalue weighted by Crippen LogP contribution is -2.22. The summed E-state index contributed by atoms with van der Waals surface area (Å²) in [6.45, 7) is 3.17. The van der Waals surface area contributed by atoms with Gasteiger partial charge in [0.15, 0.2) is 0 Å². The van der Waals surface area contributed by atoms with Gasteiger partial charge >= 0.3 is 0 Å². The smallest absolute Gasteiger partial charge is 0.0749 e. The molecule has 1 heterocycles. The van der Waals surface area contributed by atoms with Crippen LogP contribution in [-0.2, 0) is 0 Å². The van der Waals surface area contributed by atoms with Crippen LogP contribution >= 0.6 is 0 Å². The number of pyridine rings is 1. The molecule has 1 atom stereocenters. The van der Waals surface area contributed by atoms with E-state index >= 15 is 0 Å². The highest BCUT2D eigenvalue weighted by atomic mass is 14.9. The van der Waals surface area contributed by atoms with E-state index in [9.17, 15) is 0 Å². The van der Waals surface area contributed by atoms with Crippen LogP contribution in [0.1, 0.15) is 50.6 Å². The van der Waals surface area contributed by atoms with Gasteiger partial charge in [-0.15, -0.1) is 0 Å². The quantitative estimate of drug-likeness (QED) is 0.798. The second kappa shape index (κ2) is 6.86. The van der Waals surface area contributed by atoms with Gasteiger partial charge in [0.05, 0.1) is 5.52 Å². The van der Waals surface area contributed by atoms with E-state index in [-0.39, 0.29) is 0 Å². The first-order valence-electron chi connectivity index (χ1n) is 8.13. The fourth-order valence-electron chi connectivity index (χ4n) is 3.30. The highest BCUT2D eigenvalue weighted by Crippen LogP contribution is 2.30. The first-order chi connectivity index (χ1) is 10.4. The van der Waals surface area contributed by atoms with E-state index in [0.29, 0.717) is 6.04 Å². The molecule has 21 heavy (non-hydrogen) atoms.